The van der Waals surface area contributed by atoms with Crippen LogP contribution in [0.5, 0.6) is 0 Å². The molecule has 138 valence electrons. The van der Waals surface area contributed by atoms with E-state index in [1.807, 2.05) is 25.1 Å². The Kier molecular flexibility index (Phi) is 6.15. The zero-order valence-corrected chi connectivity index (χ0v) is 15.7. The van der Waals surface area contributed by atoms with E-state index in [0.29, 0.717) is 12.2 Å². The maximum atomic E-state index is 12.6. The van der Waals surface area contributed by atoms with E-state index in [-0.39, 0.29) is 16.4 Å². The van der Waals surface area contributed by atoms with Crippen molar-refractivity contribution in [2.75, 3.05) is 17.7 Å². The molecule has 0 saturated carbocycles. The standard InChI is InChI=1S/C19H21NO5S/c1-4-20(16-10-6-5-7-11-16)18(21)14(2)25-19(22)15-9-8-12-17(13-15)26(3,23)24/h5-14H,4H2,1-3H3/t14-/m0/s1. The Labute approximate surface area is 153 Å². The third-order valence-electron chi connectivity index (χ3n) is 3.78. The molecule has 0 aliphatic carbocycles. The normalized spacial score (nSPS) is 12.3. The molecule has 0 N–H and O–H groups in total. The van der Waals surface area contributed by atoms with E-state index in [4.69, 9.17) is 4.74 Å². The summed E-state index contributed by atoms with van der Waals surface area (Å²) in [4.78, 5) is 26.5. The summed E-state index contributed by atoms with van der Waals surface area (Å²) >= 11 is 0. The molecule has 0 aliphatic heterocycles. The van der Waals surface area contributed by atoms with Gasteiger partial charge in [0, 0.05) is 18.5 Å². The van der Waals surface area contributed by atoms with Gasteiger partial charge in [-0.25, -0.2) is 13.2 Å². The number of nitrogens with zero attached hydrogens (tertiary/aromatic N) is 1. The number of likely N-dealkylation sites (N-methyl/N-ethyl adjacent to an activating group) is 1. The van der Waals surface area contributed by atoms with Crippen molar-refractivity contribution >= 4 is 27.4 Å². The number of rotatable bonds is 6. The van der Waals surface area contributed by atoms with Gasteiger partial charge in [0.1, 0.15) is 0 Å². The third-order valence-corrected chi connectivity index (χ3v) is 4.89. The molecule has 0 fully saturated rings. The lowest BCUT2D eigenvalue weighted by Gasteiger charge is -2.24. The molecule has 0 radical (unpaired) electrons. The Morgan fingerprint density at radius 1 is 1.08 bits per heavy atom. The van der Waals surface area contributed by atoms with Crippen LogP contribution in [0, 0.1) is 0 Å². The lowest BCUT2D eigenvalue weighted by atomic mass is 10.2. The molecule has 0 saturated heterocycles. The first kappa shape index (κ1) is 19.7. The minimum Gasteiger partial charge on any atom is -0.449 e. The van der Waals surface area contributed by atoms with Crippen molar-refractivity contribution in [3.05, 3.63) is 60.2 Å². The van der Waals surface area contributed by atoms with Gasteiger partial charge in [0.25, 0.3) is 5.91 Å². The minimum atomic E-state index is -3.44. The van der Waals surface area contributed by atoms with Crippen LogP contribution in [0.25, 0.3) is 0 Å². The van der Waals surface area contributed by atoms with Crippen LogP contribution in [0.1, 0.15) is 24.2 Å². The van der Waals surface area contributed by atoms with Crippen molar-refractivity contribution in [3.63, 3.8) is 0 Å². The summed E-state index contributed by atoms with van der Waals surface area (Å²) in [7, 11) is -3.44. The van der Waals surface area contributed by atoms with Crippen LogP contribution in [0.4, 0.5) is 5.69 Å². The van der Waals surface area contributed by atoms with Crippen LogP contribution in [0.3, 0.4) is 0 Å². The summed E-state index contributed by atoms with van der Waals surface area (Å²) in [5, 5.41) is 0. The summed E-state index contributed by atoms with van der Waals surface area (Å²) in [6, 6.07) is 14.6. The number of esters is 1. The minimum absolute atomic E-state index is 0.0189. The van der Waals surface area contributed by atoms with E-state index in [2.05, 4.69) is 0 Å². The molecule has 2 aromatic carbocycles. The van der Waals surface area contributed by atoms with Gasteiger partial charge in [0.05, 0.1) is 10.5 Å². The Morgan fingerprint density at radius 3 is 2.31 bits per heavy atom. The number of amides is 1. The average molecular weight is 375 g/mol. The van der Waals surface area contributed by atoms with Crippen LogP contribution in [-0.4, -0.2) is 39.2 Å². The molecule has 1 amide bonds. The molecule has 0 unspecified atom stereocenters. The number of anilines is 1. The highest BCUT2D eigenvalue weighted by molar-refractivity contribution is 7.90. The van der Waals surface area contributed by atoms with E-state index in [0.717, 1.165) is 6.26 Å². The van der Waals surface area contributed by atoms with E-state index < -0.39 is 21.9 Å². The van der Waals surface area contributed by atoms with Gasteiger partial charge in [0.15, 0.2) is 15.9 Å². The highest BCUT2D eigenvalue weighted by atomic mass is 32.2. The molecular formula is C19H21NO5S. The maximum absolute atomic E-state index is 12.6. The van der Waals surface area contributed by atoms with Crippen LogP contribution < -0.4 is 4.90 Å². The number of hydrogen-bond acceptors (Lipinski definition) is 5. The van der Waals surface area contributed by atoms with Crippen molar-refractivity contribution in [1.82, 2.24) is 0 Å². The maximum Gasteiger partial charge on any atom is 0.338 e. The molecule has 0 heterocycles. The van der Waals surface area contributed by atoms with Gasteiger partial charge in [-0.1, -0.05) is 24.3 Å². The molecule has 0 bridgehead atoms. The fourth-order valence-electron chi connectivity index (χ4n) is 2.43. The highest BCUT2D eigenvalue weighted by Gasteiger charge is 2.25. The second-order valence-corrected chi connectivity index (χ2v) is 7.78. The summed E-state index contributed by atoms with van der Waals surface area (Å²) in [6.07, 6.45) is 0.0484. The zero-order valence-electron chi connectivity index (χ0n) is 14.9. The topological polar surface area (TPSA) is 80.8 Å². The molecule has 7 heteroatoms. The summed E-state index contributed by atoms with van der Waals surface area (Å²) in [5.41, 5.74) is 0.789. The van der Waals surface area contributed by atoms with Crippen molar-refractivity contribution in [2.24, 2.45) is 0 Å². The quantitative estimate of drug-likeness (QED) is 0.725. The summed E-state index contributed by atoms with van der Waals surface area (Å²) in [6.45, 7) is 3.75. The van der Waals surface area contributed by atoms with E-state index in [9.17, 15) is 18.0 Å². The van der Waals surface area contributed by atoms with Gasteiger partial charge < -0.3 is 9.64 Å². The Bertz CT molecular complexity index is 893. The number of hydrogen-bond donors (Lipinski definition) is 0. The molecule has 2 rings (SSSR count). The van der Waals surface area contributed by atoms with E-state index >= 15 is 0 Å². The second kappa shape index (κ2) is 8.14. The molecular weight excluding hydrogens is 354 g/mol. The van der Waals surface area contributed by atoms with Crippen molar-refractivity contribution < 1.29 is 22.7 Å². The number of carbonyl (C=O) groups is 2. The van der Waals surface area contributed by atoms with Crippen molar-refractivity contribution in [3.8, 4) is 0 Å². The van der Waals surface area contributed by atoms with Gasteiger partial charge >= 0.3 is 5.97 Å². The molecule has 6 nitrogen and oxygen atoms in total. The van der Waals surface area contributed by atoms with Crippen LogP contribution >= 0.6 is 0 Å². The SMILES string of the molecule is CCN(C(=O)[C@H](C)OC(=O)c1cccc(S(C)(=O)=O)c1)c1ccccc1. The largest absolute Gasteiger partial charge is 0.449 e. The predicted molar refractivity (Wildman–Crippen MR) is 98.9 cm³/mol. The lowest BCUT2D eigenvalue weighted by Crippen LogP contribution is -2.40. The van der Waals surface area contributed by atoms with Gasteiger partial charge in [-0.2, -0.15) is 0 Å². The average Bonchev–Trinajstić information content (AvgIpc) is 2.62. The number of carbonyl (C=O) groups excluding carboxylic acids is 2. The Morgan fingerprint density at radius 2 is 1.73 bits per heavy atom. The predicted octanol–water partition coefficient (Wildman–Crippen LogP) is 2.69. The summed E-state index contributed by atoms with van der Waals surface area (Å²) < 4.78 is 28.5. The monoisotopic (exact) mass is 375 g/mol. The van der Waals surface area contributed by atoms with Gasteiger partial charge in [-0.3, -0.25) is 4.79 Å². The number of ether oxygens (including phenoxy) is 1. The fraction of sp³-hybridized carbons (Fsp3) is 0.263. The lowest BCUT2D eigenvalue weighted by molar-refractivity contribution is -0.126. The molecule has 1 atom stereocenters. The zero-order chi connectivity index (χ0) is 19.3. The first-order valence-corrected chi connectivity index (χ1v) is 10.0. The second-order valence-electron chi connectivity index (χ2n) is 5.77. The van der Waals surface area contributed by atoms with Gasteiger partial charge in [0.2, 0.25) is 0 Å². The molecule has 26 heavy (non-hydrogen) atoms. The van der Waals surface area contributed by atoms with E-state index in [1.54, 1.807) is 12.1 Å². The van der Waals surface area contributed by atoms with E-state index in [1.165, 1.54) is 36.1 Å². The smallest absolute Gasteiger partial charge is 0.338 e. The van der Waals surface area contributed by atoms with Gasteiger partial charge in [-0.15, -0.1) is 0 Å². The summed E-state index contributed by atoms with van der Waals surface area (Å²) in [5.74, 6) is -1.10. The number of para-hydroxylation sites is 1. The number of sulfone groups is 1. The van der Waals surface area contributed by atoms with Crippen LogP contribution in [0.15, 0.2) is 59.5 Å². The van der Waals surface area contributed by atoms with Crippen LogP contribution in [-0.2, 0) is 19.4 Å². The third kappa shape index (κ3) is 4.70. The van der Waals surface area contributed by atoms with Crippen molar-refractivity contribution in [2.45, 2.75) is 24.8 Å². The first-order valence-electron chi connectivity index (χ1n) is 8.11. The Hall–Kier alpha value is -2.67. The molecule has 0 aliphatic rings. The molecule has 0 aromatic heterocycles. The van der Waals surface area contributed by atoms with Crippen molar-refractivity contribution in [1.29, 1.82) is 0 Å². The highest BCUT2D eigenvalue weighted by Crippen LogP contribution is 2.17. The van der Waals surface area contributed by atoms with Gasteiger partial charge in [-0.05, 0) is 44.2 Å². The first-order chi connectivity index (χ1) is 12.2. The van der Waals surface area contributed by atoms with Crippen LogP contribution in [0.2, 0.25) is 0 Å². The Balaban J connectivity index is 2.15. The molecule has 0 spiro atoms. The number of benzene rings is 2. The fourth-order valence-corrected chi connectivity index (χ4v) is 3.09. The molecule has 2 aromatic rings.